The van der Waals surface area contributed by atoms with Crippen LogP contribution in [0.1, 0.15) is 25.7 Å². The predicted molar refractivity (Wildman–Crippen MR) is 70.9 cm³/mol. The van der Waals surface area contributed by atoms with E-state index in [0.29, 0.717) is 10.9 Å². The Morgan fingerprint density at radius 3 is 2.83 bits per heavy atom. The second-order valence-corrected chi connectivity index (χ2v) is 5.93. The van der Waals surface area contributed by atoms with Crippen LogP contribution in [0.5, 0.6) is 0 Å². The maximum atomic E-state index is 11.7. The standard InChI is InChI=1S/C14H16ClNO2/c15-11-2-1-3-12(7-11)16-14(13(17)18)8-9-4-5-10(14)6-9/h1-3,7,9-10,16H,4-6,8H2,(H,17,18). The summed E-state index contributed by atoms with van der Waals surface area (Å²) in [6.07, 6.45) is 3.97. The average molecular weight is 266 g/mol. The number of rotatable bonds is 3. The van der Waals surface area contributed by atoms with Crippen molar-refractivity contribution in [3.8, 4) is 0 Å². The van der Waals surface area contributed by atoms with Gasteiger partial charge in [0.1, 0.15) is 5.54 Å². The molecule has 96 valence electrons. The SMILES string of the molecule is O=C(O)C1(Nc2cccc(Cl)c2)CC2CCC1C2. The fraction of sp³-hybridized carbons (Fsp3) is 0.500. The molecule has 2 aliphatic rings. The van der Waals surface area contributed by atoms with Gasteiger partial charge in [-0.15, -0.1) is 0 Å². The number of halogens is 1. The van der Waals surface area contributed by atoms with Crippen molar-refractivity contribution >= 4 is 23.3 Å². The van der Waals surface area contributed by atoms with E-state index in [2.05, 4.69) is 5.32 Å². The van der Waals surface area contributed by atoms with Crippen LogP contribution in [-0.4, -0.2) is 16.6 Å². The lowest BCUT2D eigenvalue weighted by molar-refractivity contribution is -0.144. The van der Waals surface area contributed by atoms with E-state index in [1.165, 1.54) is 6.42 Å². The third-order valence-electron chi connectivity index (χ3n) is 4.42. The highest BCUT2D eigenvalue weighted by molar-refractivity contribution is 6.30. The molecule has 0 spiro atoms. The molecule has 3 rings (SSSR count). The molecule has 2 N–H and O–H groups in total. The molecule has 3 nitrogen and oxygen atoms in total. The summed E-state index contributed by atoms with van der Waals surface area (Å²) in [5.74, 6) is 0.0893. The van der Waals surface area contributed by atoms with Crippen LogP contribution >= 0.6 is 11.6 Å². The molecule has 3 atom stereocenters. The van der Waals surface area contributed by atoms with E-state index in [0.717, 1.165) is 24.9 Å². The summed E-state index contributed by atoms with van der Waals surface area (Å²) in [6, 6.07) is 7.30. The summed E-state index contributed by atoms with van der Waals surface area (Å²) in [6.45, 7) is 0. The minimum absolute atomic E-state index is 0.249. The molecule has 2 saturated carbocycles. The molecule has 0 amide bonds. The third-order valence-corrected chi connectivity index (χ3v) is 4.66. The Bertz CT molecular complexity index is 490. The van der Waals surface area contributed by atoms with E-state index in [1.54, 1.807) is 12.1 Å². The lowest BCUT2D eigenvalue weighted by atomic mass is 9.80. The third kappa shape index (κ3) is 1.77. The van der Waals surface area contributed by atoms with E-state index in [1.807, 2.05) is 12.1 Å². The van der Waals surface area contributed by atoms with Crippen molar-refractivity contribution < 1.29 is 9.90 Å². The lowest BCUT2D eigenvalue weighted by Crippen LogP contribution is -2.50. The van der Waals surface area contributed by atoms with Crippen LogP contribution in [0.15, 0.2) is 24.3 Å². The molecule has 3 unspecified atom stereocenters. The van der Waals surface area contributed by atoms with Crippen molar-refractivity contribution in [2.45, 2.75) is 31.2 Å². The highest BCUT2D eigenvalue weighted by Crippen LogP contribution is 2.52. The maximum Gasteiger partial charge on any atom is 0.329 e. The van der Waals surface area contributed by atoms with Crippen molar-refractivity contribution in [1.29, 1.82) is 0 Å². The number of carbonyl (C=O) groups is 1. The Hall–Kier alpha value is -1.22. The van der Waals surface area contributed by atoms with Gasteiger partial charge in [0.2, 0.25) is 0 Å². The number of carboxylic acid groups (broad SMARTS) is 1. The van der Waals surface area contributed by atoms with Crippen molar-refractivity contribution in [2.24, 2.45) is 11.8 Å². The number of hydrogen-bond acceptors (Lipinski definition) is 2. The van der Waals surface area contributed by atoms with Gasteiger partial charge in [-0.25, -0.2) is 4.79 Å². The van der Waals surface area contributed by atoms with Gasteiger partial charge in [-0.05, 0) is 55.7 Å². The van der Waals surface area contributed by atoms with Crippen molar-refractivity contribution in [1.82, 2.24) is 0 Å². The average Bonchev–Trinajstić information content (AvgIpc) is 2.89. The van der Waals surface area contributed by atoms with Gasteiger partial charge >= 0.3 is 5.97 Å². The number of hydrogen-bond donors (Lipinski definition) is 2. The molecular weight excluding hydrogens is 250 g/mol. The van der Waals surface area contributed by atoms with E-state index >= 15 is 0 Å². The fourth-order valence-electron chi connectivity index (χ4n) is 3.62. The molecule has 2 aliphatic carbocycles. The van der Waals surface area contributed by atoms with Crippen molar-refractivity contribution in [3.63, 3.8) is 0 Å². The minimum atomic E-state index is -0.784. The number of carboxylic acids is 1. The normalized spacial score (nSPS) is 33.6. The molecule has 2 fully saturated rings. The molecule has 1 aromatic carbocycles. The molecular formula is C14H16ClNO2. The number of benzene rings is 1. The number of nitrogens with one attached hydrogen (secondary N) is 1. The van der Waals surface area contributed by atoms with Gasteiger partial charge in [0.05, 0.1) is 0 Å². The smallest absolute Gasteiger partial charge is 0.329 e. The molecule has 1 aromatic rings. The summed E-state index contributed by atoms with van der Waals surface area (Å²) in [4.78, 5) is 11.7. The first-order valence-electron chi connectivity index (χ1n) is 6.37. The van der Waals surface area contributed by atoms with E-state index < -0.39 is 11.5 Å². The fourth-order valence-corrected chi connectivity index (χ4v) is 3.81. The minimum Gasteiger partial charge on any atom is -0.479 e. The highest BCUT2D eigenvalue weighted by Gasteiger charge is 2.56. The van der Waals surface area contributed by atoms with Gasteiger partial charge in [-0.1, -0.05) is 17.7 Å². The Morgan fingerprint density at radius 1 is 1.44 bits per heavy atom. The zero-order valence-corrected chi connectivity index (χ0v) is 10.8. The monoisotopic (exact) mass is 265 g/mol. The number of fused-ring (bicyclic) bond motifs is 2. The van der Waals surface area contributed by atoms with Gasteiger partial charge in [-0.3, -0.25) is 0 Å². The summed E-state index contributed by atoms with van der Waals surface area (Å²) in [7, 11) is 0. The molecule has 0 radical (unpaired) electrons. The molecule has 0 heterocycles. The van der Waals surface area contributed by atoms with Crippen molar-refractivity contribution in [2.75, 3.05) is 5.32 Å². The van der Waals surface area contributed by atoms with Gasteiger partial charge in [0, 0.05) is 10.7 Å². The van der Waals surface area contributed by atoms with Crippen LogP contribution in [-0.2, 0) is 4.79 Å². The van der Waals surface area contributed by atoms with Crippen LogP contribution in [0.2, 0.25) is 5.02 Å². The first-order chi connectivity index (χ1) is 8.60. The largest absolute Gasteiger partial charge is 0.479 e. The zero-order valence-electron chi connectivity index (χ0n) is 10.0. The Balaban J connectivity index is 1.90. The summed E-state index contributed by atoms with van der Waals surface area (Å²) < 4.78 is 0. The summed E-state index contributed by atoms with van der Waals surface area (Å²) in [5.41, 5.74) is 0.0191. The Morgan fingerprint density at radius 2 is 2.28 bits per heavy atom. The van der Waals surface area contributed by atoms with Gasteiger partial charge in [0.15, 0.2) is 0 Å². The number of anilines is 1. The van der Waals surface area contributed by atoms with Crippen LogP contribution in [0.4, 0.5) is 5.69 Å². The Labute approximate surface area is 111 Å². The second kappa shape index (κ2) is 4.16. The van der Waals surface area contributed by atoms with Gasteiger partial charge < -0.3 is 10.4 Å². The predicted octanol–water partition coefficient (Wildman–Crippen LogP) is 3.40. The summed E-state index contributed by atoms with van der Waals surface area (Å²) in [5, 5.41) is 13.5. The van der Waals surface area contributed by atoms with E-state index in [4.69, 9.17) is 11.6 Å². The zero-order chi connectivity index (χ0) is 12.8. The molecule has 0 aliphatic heterocycles. The quantitative estimate of drug-likeness (QED) is 0.881. The van der Waals surface area contributed by atoms with Crippen LogP contribution in [0.3, 0.4) is 0 Å². The molecule has 0 saturated heterocycles. The molecule has 4 heteroatoms. The van der Waals surface area contributed by atoms with Crippen molar-refractivity contribution in [3.05, 3.63) is 29.3 Å². The summed E-state index contributed by atoms with van der Waals surface area (Å²) >= 11 is 5.95. The Kier molecular flexibility index (Phi) is 2.74. The highest BCUT2D eigenvalue weighted by atomic mass is 35.5. The van der Waals surface area contributed by atoms with E-state index in [9.17, 15) is 9.90 Å². The van der Waals surface area contributed by atoms with E-state index in [-0.39, 0.29) is 5.92 Å². The topological polar surface area (TPSA) is 49.3 Å². The van der Waals surface area contributed by atoms with Gasteiger partial charge in [0.25, 0.3) is 0 Å². The van der Waals surface area contributed by atoms with Gasteiger partial charge in [-0.2, -0.15) is 0 Å². The lowest BCUT2D eigenvalue weighted by Gasteiger charge is -2.35. The number of aliphatic carboxylic acids is 1. The second-order valence-electron chi connectivity index (χ2n) is 5.49. The first kappa shape index (κ1) is 11.8. The van der Waals surface area contributed by atoms with Crippen LogP contribution in [0.25, 0.3) is 0 Å². The first-order valence-corrected chi connectivity index (χ1v) is 6.75. The van der Waals surface area contributed by atoms with Crippen LogP contribution < -0.4 is 5.32 Å². The maximum absolute atomic E-state index is 11.7. The molecule has 0 aromatic heterocycles. The molecule has 2 bridgehead atoms. The van der Waals surface area contributed by atoms with Crippen LogP contribution in [0, 0.1) is 11.8 Å². The molecule has 18 heavy (non-hydrogen) atoms.